The van der Waals surface area contributed by atoms with Gasteiger partial charge >= 0.3 is 0 Å². The van der Waals surface area contributed by atoms with Gasteiger partial charge in [0.25, 0.3) is 0 Å². The first kappa shape index (κ1) is 15.5. The second-order valence-corrected chi connectivity index (χ2v) is 6.21. The highest BCUT2D eigenvalue weighted by Crippen LogP contribution is 2.42. The van der Waals surface area contributed by atoms with Gasteiger partial charge in [0.05, 0.1) is 26.0 Å². The highest BCUT2D eigenvalue weighted by Gasteiger charge is 2.26. The summed E-state index contributed by atoms with van der Waals surface area (Å²) in [5, 5.41) is 4.27. The van der Waals surface area contributed by atoms with E-state index in [1.54, 1.807) is 7.11 Å². The van der Waals surface area contributed by atoms with Gasteiger partial charge in [-0.25, -0.2) is 0 Å². The largest absolute Gasteiger partial charge is 0.493 e. The molecule has 3 aliphatic heterocycles. The van der Waals surface area contributed by atoms with Crippen LogP contribution in [0.2, 0.25) is 0 Å². The van der Waals surface area contributed by atoms with E-state index in [-0.39, 0.29) is 12.9 Å². The Balaban J connectivity index is 1.35. The van der Waals surface area contributed by atoms with Gasteiger partial charge < -0.3 is 23.8 Å². The molecule has 3 heterocycles. The van der Waals surface area contributed by atoms with Crippen molar-refractivity contribution in [2.24, 2.45) is 5.16 Å². The van der Waals surface area contributed by atoms with Crippen molar-refractivity contribution in [3.63, 3.8) is 0 Å². The third-order valence-electron chi connectivity index (χ3n) is 4.49. The average Bonchev–Trinajstić information content (AvgIpc) is 3.24. The van der Waals surface area contributed by atoms with Gasteiger partial charge in [-0.1, -0.05) is 5.16 Å². The van der Waals surface area contributed by atoms with Crippen LogP contribution >= 0.6 is 0 Å². The lowest BCUT2D eigenvalue weighted by molar-refractivity contribution is 0.0450. The monoisotopic (exact) mass is 334 g/mol. The second-order valence-electron chi connectivity index (χ2n) is 6.21. The van der Waals surface area contributed by atoms with Crippen molar-refractivity contribution >= 4 is 5.71 Å². The highest BCUT2D eigenvalue weighted by molar-refractivity contribution is 5.87. The molecule has 130 valence electrons. The molecule has 7 nitrogen and oxygen atoms in total. The lowest BCUT2D eigenvalue weighted by Crippen LogP contribution is -2.39. The minimum Gasteiger partial charge on any atom is -0.493 e. The van der Waals surface area contributed by atoms with Gasteiger partial charge in [0.1, 0.15) is 6.10 Å². The SMILES string of the molecule is COc1cc(CC2CC(CN3CCOCC3)=NO2)cc2c1OCO2. The van der Waals surface area contributed by atoms with Gasteiger partial charge in [-0.05, 0) is 17.7 Å². The molecule has 0 radical (unpaired) electrons. The second kappa shape index (κ2) is 6.86. The Hall–Kier alpha value is -1.99. The molecule has 1 aromatic carbocycles. The molecule has 3 aliphatic rings. The fourth-order valence-corrected chi connectivity index (χ4v) is 3.27. The van der Waals surface area contributed by atoms with Crippen molar-refractivity contribution in [3.8, 4) is 17.2 Å². The lowest BCUT2D eigenvalue weighted by atomic mass is 10.0. The fourth-order valence-electron chi connectivity index (χ4n) is 3.27. The van der Waals surface area contributed by atoms with Crippen molar-refractivity contribution in [1.82, 2.24) is 4.90 Å². The number of benzene rings is 1. The van der Waals surface area contributed by atoms with Crippen LogP contribution in [-0.2, 0) is 16.0 Å². The number of ether oxygens (including phenoxy) is 4. The summed E-state index contributed by atoms with van der Waals surface area (Å²) < 4.78 is 21.7. The molecular formula is C17H22N2O5. The highest BCUT2D eigenvalue weighted by atomic mass is 16.7. The quantitative estimate of drug-likeness (QED) is 0.812. The van der Waals surface area contributed by atoms with Crippen molar-refractivity contribution < 1.29 is 23.8 Å². The summed E-state index contributed by atoms with van der Waals surface area (Å²) >= 11 is 0. The maximum absolute atomic E-state index is 5.62. The molecule has 1 unspecified atom stereocenters. The summed E-state index contributed by atoms with van der Waals surface area (Å²) in [6.07, 6.45) is 1.68. The van der Waals surface area contributed by atoms with Crippen LogP contribution in [0.25, 0.3) is 0 Å². The molecule has 1 saturated heterocycles. The molecule has 0 saturated carbocycles. The zero-order valence-electron chi connectivity index (χ0n) is 13.8. The van der Waals surface area contributed by atoms with E-state index in [4.69, 9.17) is 23.8 Å². The number of fused-ring (bicyclic) bond motifs is 1. The third-order valence-corrected chi connectivity index (χ3v) is 4.49. The summed E-state index contributed by atoms with van der Waals surface area (Å²) in [7, 11) is 1.64. The first-order chi connectivity index (χ1) is 11.8. The van der Waals surface area contributed by atoms with Crippen LogP contribution in [0.15, 0.2) is 17.3 Å². The molecule has 24 heavy (non-hydrogen) atoms. The molecule has 0 bridgehead atoms. The number of rotatable bonds is 5. The molecule has 0 aromatic heterocycles. The molecule has 1 aromatic rings. The predicted molar refractivity (Wildman–Crippen MR) is 87.0 cm³/mol. The smallest absolute Gasteiger partial charge is 0.231 e. The van der Waals surface area contributed by atoms with E-state index in [1.807, 2.05) is 12.1 Å². The number of nitrogens with zero attached hydrogens (tertiary/aromatic N) is 2. The Morgan fingerprint density at radius 3 is 2.96 bits per heavy atom. The Morgan fingerprint density at radius 2 is 2.12 bits per heavy atom. The van der Waals surface area contributed by atoms with Crippen LogP contribution in [0.4, 0.5) is 0 Å². The van der Waals surface area contributed by atoms with E-state index >= 15 is 0 Å². The summed E-state index contributed by atoms with van der Waals surface area (Å²) in [6.45, 7) is 4.63. The topological polar surface area (TPSA) is 61.8 Å². The molecule has 4 rings (SSSR count). The molecule has 0 aliphatic carbocycles. The molecular weight excluding hydrogens is 312 g/mol. The van der Waals surface area contributed by atoms with Gasteiger partial charge in [0, 0.05) is 32.5 Å². The van der Waals surface area contributed by atoms with Crippen molar-refractivity contribution in [1.29, 1.82) is 0 Å². The van der Waals surface area contributed by atoms with Gasteiger partial charge in [0.2, 0.25) is 12.5 Å². The number of oxime groups is 1. The zero-order valence-corrected chi connectivity index (χ0v) is 13.8. The minimum absolute atomic E-state index is 0.0612. The predicted octanol–water partition coefficient (Wildman–Crippen LogP) is 1.44. The van der Waals surface area contributed by atoms with E-state index in [9.17, 15) is 0 Å². The summed E-state index contributed by atoms with van der Waals surface area (Å²) in [6, 6.07) is 3.98. The van der Waals surface area contributed by atoms with E-state index < -0.39 is 0 Å². The van der Waals surface area contributed by atoms with Crippen molar-refractivity contribution in [2.45, 2.75) is 18.9 Å². The average molecular weight is 334 g/mol. The van der Waals surface area contributed by atoms with Gasteiger partial charge in [-0.15, -0.1) is 0 Å². The van der Waals surface area contributed by atoms with Gasteiger partial charge in [-0.3, -0.25) is 4.90 Å². The molecule has 7 heteroatoms. The molecule has 0 amide bonds. The molecule has 0 N–H and O–H groups in total. The van der Waals surface area contributed by atoms with E-state index in [1.165, 1.54) is 0 Å². The zero-order chi connectivity index (χ0) is 16.4. The Morgan fingerprint density at radius 1 is 1.25 bits per heavy atom. The molecule has 0 spiro atoms. The summed E-state index contributed by atoms with van der Waals surface area (Å²) in [5.41, 5.74) is 2.21. The van der Waals surface area contributed by atoms with Gasteiger partial charge in [-0.2, -0.15) is 0 Å². The van der Waals surface area contributed by atoms with E-state index in [0.717, 1.165) is 62.7 Å². The van der Waals surface area contributed by atoms with Crippen LogP contribution in [0.3, 0.4) is 0 Å². The van der Waals surface area contributed by atoms with Crippen LogP contribution in [-0.4, -0.2) is 63.5 Å². The number of methoxy groups -OCH3 is 1. The third kappa shape index (κ3) is 3.27. The van der Waals surface area contributed by atoms with Gasteiger partial charge in [0.15, 0.2) is 11.5 Å². The van der Waals surface area contributed by atoms with Crippen LogP contribution < -0.4 is 14.2 Å². The Kier molecular flexibility index (Phi) is 4.44. The molecule has 1 atom stereocenters. The number of hydrogen-bond acceptors (Lipinski definition) is 7. The lowest BCUT2D eigenvalue weighted by Gasteiger charge is -2.26. The maximum Gasteiger partial charge on any atom is 0.231 e. The van der Waals surface area contributed by atoms with Crippen LogP contribution in [0.1, 0.15) is 12.0 Å². The maximum atomic E-state index is 5.62. The van der Waals surface area contributed by atoms with Crippen LogP contribution in [0.5, 0.6) is 17.2 Å². The normalized spacial score (nSPS) is 23.0. The Labute approximate surface area is 141 Å². The Bertz CT molecular complexity index is 628. The van der Waals surface area contributed by atoms with Crippen molar-refractivity contribution in [3.05, 3.63) is 17.7 Å². The van der Waals surface area contributed by atoms with E-state index in [0.29, 0.717) is 11.5 Å². The van der Waals surface area contributed by atoms with E-state index in [2.05, 4.69) is 10.1 Å². The summed E-state index contributed by atoms with van der Waals surface area (Å²) in [4.78, 5) is 7.98. The minimum atomic E-state index is 0.0612. The number of hydrogen-bond donors (Lipinski definition) is 0. The first-order valence-corrected chi connectivity index (χ1v) is 8.30. The standard InChI is InChI=1S/C17H22N2O5/c1-20-15-7-12(8-16-17(15)23-11-22-16)6-14-9-13(18-24-14)10-19-2-4-21-5-3-19/h7-8,14H,2-6,9-11H2,1H3. The fraction of sp³-hybridized carbons (Fsp3) is 0.588. The summed E-state index contributed by atoms with van der Waals surface area (Å²) in [5.74, 6) is 2.11. The van der Waals surface area contributed by atoms with Crippen LogP contribution in [0, 0.1) is 0 Å². The first-order valence-electron chi connectivity index (χ1n) is 8.30. The number of morpholine rings is 1. The molecule has 1 fully saturated rings. The van der Waals surface area contributed by atoms with Crippen molar-refractivity contribution in [2.75, 3.05) is 46.8 Å².